The number of nitrogens with one attached hydrogen (secondary N) is 3. The highest BCUT2D eigenvalue weighted by Gasteiger charge is 2.25. The molecule has 4 aromatic rings. The van der Waals surface area contributed by atoms with Crippen LogP contribution in [0.4, 0.5) is 27.5 Å². The van der Waals surface area contributed by atoms with Crippen molar-refractivity contribution >= 4 is 44.1 Å². The number of benzene rings is 2. The Morgan fingerprint density at radius 3 is 2.73 bits per heavy atom. The highest BCUT2D eigenvalue weighted by Crippen LogP contribution is 2.28. The molecule has 194 valence electrons. The van der Waals surface area contributed by atoms with Gasteiger partial charge in [0.2, 0.25) is 16.0 Å². The minimum atomic E-state index is -3.13. The summed E-state index contributed by atoms with van der Waals surface area (Å²) >= 11 is 0. The minimum absolute atomic E-state index is 0.301. The predicted octanol–water partition coefficient (Wildman–Crippen LogP) is 4.94. The molecule has 0 unspecified atom stereocenters. The molecule has 2 aromatic carbocycles. The quantitative estimate of drug-likeness (QED) is 0.299. The van der Waals surface area contributed by atoms with E-state index in [-0.39, 0.29) is 5.82 Å². The van der Waals surface area contributed by atoms with Gasteiger partial charge in [-0.2, -0.15) is 4.98 Å². The Hall–Kier alpha value is -3.70. The van der Waals surface area contributed by atoms with E-state index in [1.54, 1.807) is 24.4 Å². The first-order valence-electron chi connectivity index (χ1n) is 12.1. The molecule has 0 spiro atoms. The van der Waals surface area contributed by atoms with E-state index in [0.29, 0.717) is 54.2 Å². The molecule has 0 aliphatic carbocycles. The van der Waals surface area contributed by atoms with Gasteiger partial charge in [-0.25, -0.2) is 22.1 Å². The van der Waals surface area contributed by atoms with Gasteiger partial charge >= 0.3 is 0 Å². The molecule has 3 heterocycles. The van der Waals surface area contributed by atoms with Gasteiger partial charge in [-0.15, -0.1) is 0 Å². The molecule has 9 nitrogen and oxygen atoms in total. The Morgan fingerprint density at radius 1 is 1.14 bits per heavy atom. The molecule has 11 heteroatoms. The number of halogens is 1. The number of rotatable bonds is 8. The van der Waals surface area contributed by atoms with Crippen molar-refractivity contribution < 1.29 is 17.5 Å². The smallest absolute Gasteiger partial charge is 0.229 e. The van der Waals surface area contributed by atoms with Crippen molar-refractivity contribution in [2.45, 2.75) is 19.8 Å². The number of fused-ring (bicyclic) bond motifs is 1. The third kappa shape index (κ3) is 6.00. The van der Waals surface area contributed by atoms with Crippen molar-refractivity contribution in [1.82, 2.24) is 19.3 Å². The third-order valence-electron chi connectivity index (χ3n) is 6.41. The highest BCUT2D eigenvalue weighted by molar-refractivity contribution is 7.88. The van der Waals surface area contributed by atoms with Gasteiger partial charge in [-0.1, -0.05) is 6.07 Å². The van der Waals surface area contributed by atoms with Crippen molar-refractivity contribution in [3.8, 4) is 5.75 Å². The summed E-state index contributed by atoms with van der Waals surface area (Å²) in [5.74, 6) is 1.46. The fourth-order valence-electron chi connectivity index (χ4n) is 4.45. The van der Waals surface area contributed by atoms with Gasteiger partial charge in [0.05, 0.1) is 18.6 Å². The van der Waals surface area contributed by atoms with Gasteiger partial charge in [0, 0.05) is 47.6 Å². The van der Waals surface area contributed by atoms with Crippen molar-refractivity contribution in [2.24, 2.45) is 5.92 Å². The number of aryl methyl sites for hydroxylation is 1. The van der Waals surface area contributed by atoms with Crippen LogP contribution in [0.25, 0.3) is 10.9 Å². The predicted molar refractivity (Wildman–Crippen MR) is 143 cm³/mol. The normalized spacial score (nSPS) is 15.1. The van der Waals surface area contributed by atoms with E-state index in [9.17, 15) is 12.8 Å². The van der Waals surface area contributed by atoms with Gasteiger partial charge in [0.15, 0.2) is 5.82 Å². The Bertz CT molecular complexity index is 1520. The summed E-state index contributed by atoms with van der Waals surface area (Å²) < 4.78 is 45.8. The Morgan fingerprint density at radius 2 is 1.95 bits per heavy atom. The van der Waals surface area contributed by atoms with E-state index in [1.807, 2.05) is 37.3 Å². The number of anilines is 4. The van der Waals surface area contributed by atoms with Crippen LogP contribution in [0, 0.1) is 18.7 Å². The molecule has 0 amide bonds. The molecule has 2 aromatic heterocycles. The summed E-state index contributed by atoms with van der Waals surface area (Å²) in [5.41, 5.74) is 2.71. The molecule has 0 atom stereocenters. The van der Waals surface area contributed by atoms with Crippen LogP contribution in [0.15, 0.2) is 54.7 Å². The first-order chi connectivity index (χ1) is 17.7. The number of sulfonamides is 1. The van der Waals surface area contributed by atoms with Gasteiger partial charge < -0.3 is 20.4 Å². The van der Waals surface area contributed by atoms with Gasteiger partial charge in [-0.3, -0.25) is 0 Å². The number of aromatic nitrogens is 3. The van der Waals surface area contributed by atoms with E-state index in [1.165, 1.54) is 10.6 Å². The maximum atomic E-state index is 15.0. The molecule has 1 aliphatic rings. The lowest BCUT2D eigenvalue weighted by atomic mass is 9.99. The van der Waals surface area contributed by atoms with Crippen LogP contribution in [0.5, 0.6) is 5.75 Å². The summed E-state index contributed by atoms with van der Waals surface area (Å²) in [5, 5.41) is 6.72. The highest BCUT2D eigenvalue weighted by atomic mass is 32.2. The number of nitrogens with zero attached hydrogens (tertiary/aromatic N) is 3. The summed E-state index contributed by atoms with van der Waals surface area (Å²) in [6.45, 7) is 3.46. The van der Waals surface area contributed by atoms with E-state index in [2.05, 4.69) is 25.6 Å². The second kappa shape index (κ2) is 10.3. The molecule has 0 saturated carbocycles. The Kier molecular flexibility index (Phi) is 6.98. The van der Waals surface area contributed by atoms with E-state index in [4.69, 9.17) is 4.74 Å². The van der Waals surface area contributed by atoms with Gasteiger partial charge in [0.1, 0.15) is 11.6 Å². The van der Waals surface area contributed by atoms with Crippen LogP contribution >= 0.6 is 0 Å². The molecule has 1 fully saturated rings. The van der Waals surface area contributed by atoms with Gasteiger partial charge in [-0.05, 0) is 62.1 Å². The average Bonchev–Trinajstić information content (AvgIpc) is 3.26. The third-order valence-corrected chi connectivity index (χ3v) is 7.71. The summed E-state index contributed by atoms with van der Waals surface area (Å²) in [6.07, 6.45) is 4.39. The zero-order valence-electron chi connectivity index (χ0n) is 20.7. The number of ether oxygens (including phenoxy) is 1. The SMILES string of the molecule is Cc1cc2c(F)c(Nc3ccnc(Nc4cccc(OCC5CCN(S(C)(=O)=O)CC5)c4)n3)ccc2[nH]1. The molecule has 3 N–H and O–H groups in total. The number of piperidine rings is 1. The fraction of sp³-hybridized carbons (Fsp3) is 0.308. The van der Waals surface area contributed by atoms with Crippen molar-refractivity contribution in [1.29, 1.82) is 0 Å². The standard InChI is InChI=1S/C26H29FN6O3S/c1-17-14-21-22(29-17)6-7-23(25(21)27)31-24-8-11-28-26(32-24)30-19-4-3-5-20(15-19)36-16-18-9-12-33(13-10-18)37(2,34)35/h3-8,11,14-15,18,29H,9-10,12-13,16H2,1-2H3,(H2,28,30,31,32). The lowest BCUT2D eigenvalue weighted by Crippen LogP contribution is -2.39. The first-order valence-corrected chi connectivity index (χ1v) is 13.9. The fourth-order valence-corrected chi connectivity index (χ4v) is 5.32. The molecule has 0 radical (unpaired) electrons. The number of hydrogen-bond donors (Lipinski definition) is 3. The lowest BCUT2D eigenvalue weighted by molar-refractivity contribution is 0.186. The molecular weight excluding hydrogens is 495 g/mol. The number of aromatic amines is 1. The van der Waals surface area contributed by atoms with Crippen LogP contribution < -0.4 is 15.4 Å². The summed E-state index contributed by atoms with van der Waals surface area (Å²) in [4.78, 5) is 11.9. The molecule has 1 saturated heterocycles. The molecule has 5 rings (SSSR count). The van der Waals surface area contributed by atoms with Crippen LogP contribution in [0.2, 0.25) is 0 Å². The Labute approximate surface area is 215 Å². The van der Waals surface area contributed by atoms with Crippen LogP contribution in [-0.2, 0) is 10.0 Å². The van der Waals surface area contributed by atoms with Crippen molar-refractivity contribution in [2.75, 3.05) is 36.6 Å². The molecule has 37 heavy (non-hydrogen) atoms. The maximum absolute atomic E-state index is 15.0. The molecule has 1 aliphatic heterocycles. The zero-order valence-corrected chi connectivity index (χ0v) is 21.5. The van der Waals surface area contributed by atoms with E-state index >= 15 is 0 Å². The summed E-state index contributed by atoms with van der Waals surface area (Å²) in [7, 11) is -3.13. The van der Waals surface area contributed by atoms with Crippen LogP contribution in [0.1, 0.15) is 18.5 Å². The average molecular weight is 525 g/mol. The number of hydrogen-bond acceptors (Lipinski definition) is 7. The molecular formula is C26H29FN6O3S. The topological polar surface area (TPSA) is 112 Å². The minimum Gasteiger partial charge on any atom is -0.493 e. The largest absolute Gasteiger partial charge is 0.493 e. The summed E-state index contributed by atoms with van der Waals surface area (Å²) in [6, 6.07) is 14.4. The van der Waals surface area contributed by atoms with Crippen molar-refractivity contribution in [3.63, 3.8) is 0 Å². The maximum Gasteiger partial charge on any atom is 0.229 e. The second-order valence-electron chi connectivity index (χ2n) is 9.30. The van der Waals surface area contributed by atoms with Crippen LogP contribution in [-0.4, -0.2) is 53.6 Å². The van der Waals surface area contributed by atoms with E-state index < -0.39 is 10.0 Å². The Balaban J connectivity index is 1.20. The zero-order chi connectivity index (χ0) is 26.0. The lowest BCUT2D eigenvalue weighted by Gasteiger charge is -2.30. The van der Waals surface area contributed by atoms with Crippen LogP contribution in [0.3, 0.4) is 0 Å². The van der Waals surface area contributed by atoms with E-state index in [0.717, 1.165) is 29.7 Å². The number of H-pyrrole nitrogens is 1. The first kappa shape index (κ1) is 25.0. The second-order valence-corrected chi connectivity index (χ2v) is 11.3. The monoisotopic (exact) mass is 524 g/mol. The molecule has 0 bridgehead atoms. The van der Waals surface area contributed by atoms with Crippen molar-refractivity contribution in [3.05, 3.63) is 66.2 Å². The van der Waals surface area contributed by atoms with Gasteiger partial charge in [0.25, 0.3) is 0 Å².